The summed E-state index contributed by atoms with van der Waals surface area (Å²) in [5.41, 5.74) is 3.31. The Morgan fingerprint density at radius 2 is 1.59 bits per heavy atom. The zero-order valence-corrected chi connectivity index (χ0v) is 17.2. The van der Waals surface area contributed by atoms with Gasteiger partial charge in [0.1, 0.15) is 5.82 Å². The van der Waals surface area contributed by atoms with E-state index in [1.807, 2.05) is 12.1 Å². The number of benzene rings is 2. The number of hydrogen-bond donors (Lipinski definition) is 0. The number of nitrogens with zero attached hydrogens (tertiary/aromatic N) is 4. The lowest BCUT2D eigenvalue weighted by atomic mass is 10.1. The molecule has 2 heterocycles. The van der Waals surface area contributed by atoms with Crippen molar-refractivity contribution in [3.8, 4) is 11.3 Å². The van der Waals surface area contributed by atoms with Gasteiger partial charge >= 0.3 is 0 Å². The summed E-state index contributed by atoms with van der Waals surface area (Å²) >= 11 is 0. The largest absolute Gasteiger partial charge is 0.378 e. The number of morpholine rings is 1. The fourth-order valence-electron chi connectivity index (χ4n) is 3.53. The van der Waals surface area contributed by atoms with Crippen molar-refractivity contribution < 1.29 is 4.74 Å². The van der Waals surface area contributed by atoms with Crippen molar-refractivity contribution in [3.05, 3.63) is 72.3 Å². The molecule has 0 bridgehead atoms. The second-order valence-corrected chi connectivity index (χ2v) is 7.58. The van der Waals surface area contributed by atoms with Crippen molar-refractivity contribution in [1.82, 2.24) is 9.97 Å². The predicted octanol–water partition coefficient (Wildman–Crippen LogP) is 4.40. The van der Waals surface area contributed by atoms with Gasteiger partial charge in [0, 0.05) is 37.3 Å². The number of anilines is 2. The van der Waals surface area contributed by atoms with Crippen LogP contribution < -0.4 is 9.80 Å². The Morgan fingerprint density at radius 3 is 2.24 bits per heavy atom. The molecule has 29 heavy (non-hydrogen) atoms. The molecule has 0 atom stereocenters. The minimum atomic E-state index is 0.277. The molecule has 150 valence electrons. The van der Waals surface area contributed by atoms with Gasteiger partial charge in [-0.05, 0) is 19.4 Å². The highest BCUT2D eigenvalue weighted by Crippen LogP contribution is 2.27. The van der Waals surface area contributed by atoms with E-state index >= 15 is 0 Å². The Kier molecular flexibility index (Phi) is 6.06. The average Bonchev–Trinajstić information content (AvgIpc) is 2.79. The second kappa shape index (κ2) is 9.05. The maximum atomic E-state index is 5.54. The minimum Gasteiger partial charge on any atom is -0.378 e. The molecule has 0 amide bonds. The highest BCUT2D eigenvalue weighted by molar-refractivity contribution is 5.65. The molecule has 3 aromatic rings. The normalized spacial score (nSPS) is 14.2. The van der Waals surface area contributed by atoms with Crippen molar-refractivity contribution in [2.24, 2.45) is 0 Å². The molecule has 1 aliphatic rings. The first-order valence-corrected chi connectivity index (χ1v) is 10.3. The molecule has 4 rings (SSSR count). The van der Waals surface area contributed by atoms with E-state index in [1.54, 1.807) is 0 Å². The topological polar surface area (TPSA) is 41.5 Å². The van der Waals surface area contributed by atoms with E-state index in [4.69, 9.17) is 14.7 Å². The van der Waals surface area contributed by atoms with Crippen LogP contribution >= 0.6 is 0 Å². The van der Waals surface area contributed by atoms with Gasteiger partial charge in [0.15, 0.2) is 0 Å². The van der Waals surface area contributed by atoms with Gasteiger partial charge in [-0.25, -0.2) is 4.98 Å². The molecule has 1 fully saturated rings. The minimum absolute atomic E-state index is 0.277. The van der Waals surface area contributed by atoms with Crippen LogP contribution in [0.5, 0.6) is 0 Å². The molecule has 1 aromatic heterocycles. The van der Waals surface area contributed by atoms with Gasteiger partial charge in [-0.15, -0.1) is 0 Å². The zero-order chi connectivity index (χ0) is 20.1. The van der Waals surface area contributed by atoms with Gasteiger partial charge in [-0.1, -0.05) is 60.7 Å². The van der Waals surface area contributed by atoms with Gasteiger partial charge in [0.05, 0.1) is 18.9 Å². The molecule has 0 N–H and O–H groups in total. The van der Waals surface area contributed by atoms with E-state index in [-0.39, 0.29) is 6.04 Å². The molecule has 5 heteroatoms. The lowest BCUT2D eigenvalue weighted by Crippen LogP contribution is -2.38. The highest BCUT2D eigenvalue weighted by atomic mass is 16.5. The quantitative estimate of drug-likeness (QED) is 0.626. The molecule has 1 aliphatic heterocycles. The number of aromatic nitrogens is 2. The smallest absolute Gasteiger partial charge is 0.228 e. The fraction of sp³-hybridized carbons (Fsp3) is 0.333. The van der Waals surface area contributed by atoms with Crippen LogP contribution in [0.15, 0.2) is 66.7 Å². The Labute approximate surface area is 173 Å². The standard InChI is InChI=1S/C24H28N4O/c1-19(2)28(18-20-9-5-3-6-10-20)24-25-22(21-11-7-4-8-12-21)17-23(26-24)27-13-15-29-16-14-27/h3-12,17,19H,13-16,18H2,1-2H3. The first kappa shape index (κ1) is 19.4. The SMILES string of the molecule is CC(C)N(Cc1ccccc1)c1nc(-c2ccccc2)cc(N2CCOCC2)n1. The summed E-state index contributed by atoms with van der Waals surface area (Å²) in [5, 5.41) is 0. The monoisotopic (exact) mass is 388 g/mol. The summed E-state index contributed by atoms with van der Waals surface area (Å²) in [7, 11) is 0. The zero-order valence-electron chi connectivity index (χ0n) is 17.2. The summed E-state index contributed by atoms with van der Waals surface area (Å²) in [4.78, 5) is 14.5. The third kappa shape index (κ3) is 4.74. The van der Waals surface area contributed by atoms with Gasteiger partial charge in [0.25, 0.3) is 0 Å². The van der Waals surface area contributed by atoms with Crippen molar-refractivity contribution in [2.45, 2.75) is 26.4 Å². The number of ether oxygens (including phenoxy) is 1. The van der Waals surface area contributed by atoms with Crippen molar-refractivity contribution in [3.63, 3.8) is 0 Å². The maximum Gasteiger partial charge on any atom is 0.228 e. The Bertz CT molecular complexity index is 909. The van der Waals surface area contributed by atoms with E-state index < -0.39 is 0 Å². The van der Waals surface area contributed by atoms with Crippen LogP contribution in [-0.4, -0.2) is 42.3 Å². The van der Waals surface area contributed by atoms with Crippen LogP contribution in [0.4, 0.5) is 11.8 Å². The highest BCUT2D eigenvalue weighted by Gasteiger charge is 2.20. The Hall–Kier alpha value is -2.92. The third-order valence-electron chi connectivity index (χ3n) is 5.18. The molecule has 2 aromatic carbocycles. The van der Waals surface area contributed by atoms with Crippen LogP contribution in [0, 0.1) is 0 Å². The molecule has 0 aliphatic carbocycles. The number of hydrogen-bond acceptors (Lipinski definition) is 5. The van der Waals surface area contributed by atoms with Gasteiger partial charge in [-0.2, -0.15) is 4.98 Å². The summed E-state index contributed by atoms with van der Waals surface area (Å²) in [6.07, 6.45) is 0. The fourth-order valence-corrected chi connectivity index (χ4v) is 3.53. The first-order chi connectivity index (χ1) is 14.2. The lowest BCUT2D eigenvalue weighted by Gasteiger charge is -2.31. The van der Waals surface area contributed by atoms with Gasteiger partial charge in [0.2, 0.25) is 5.95 Å². The van der Waals surface area contributed by atoms with Crippen molar-refractivity contribution in [1.29, 1.82) is 0 Å². The molecular formula is C24H28N4O. The molecule has 0 saturated carbocycles. The van der Waals surface area contributed by atoms with Crippen molar-refractivity contribution >= 4 is 11.8 Å². The third-order valence-corrected chi connectivity index (χ3v) is 5.18. The summed E-state index contributed by atoms with van der Waals surface area (Å²) in [5.74, 6) is 1.74. The molecule has 0 radical (unpaired) electrons. The van der Waals surface area contributed by atoms with Gasteiger partial charge in [-0.3, -0.25) is 0 Å². The lowest BCUT2D eigenvalue weighted by molar-refractivity contribution is 0.122. The van der Waals surface area contributed by atoms with Crippen molar-refractivity contribution in [2.75, 3.05) is 36.1 Å². The van der Waals surface area contributed by atoms with E-state index in [9.17, 15) is 0 Å². The maximum absolute atomic E-state index is 5.54. The van der Waals surface area contributed by atoms with Crippen LogP contribution in [0.25, 0.3) is 11.3 Å². The van der Waals surface area contributed by atoms with E-state index in [0.717, 1.165) is 55.9 Å². The molecule has 0 unspecified atom stereocenters. The Balaban J connectivity index is 1.75. The summed E-state index contributed by atoms with van der Waals surface area (Å²) < 4.78 is 5.54. The number of rotatable bonds is 6. The average molecular weight is 389 g/mol. The van der Waals surface area contributed by atoms with Gasteiger partial charge < -0.3 is 14.5 Å². The van der Waals surface area contributed by atoms with Crippen LogP contribution in [0.3, 0.4) is 0 Å². The molecule has 5 nitrogen and oxygen atoms in total. The van der Waals surface area contributed by atoms with Crippen LogP contribution in [0.1, 0.15) is 19.4 Å². The predicted molar refractivity (Wildman–Crippen MR) is 118 cm³/mol. The molecular weight excluding hydrogens is 360 g/mol. The Morgan fingerprint density at radius 1 is 0.931 bits per heavy atom. The first-order valence-electron chi connectivity index (χ1n) is 10.3. The van der Waals surface area contributed by atoms with E-state index in [1.165, 1.54) is 5.56 Å². The summed E-state index contributed by atoms with van der Waals surface area (Å²) in [6.45, 7) is 8.33. The van der Waals surface area contributed by atoms with E-state index in [0.29, 0.717) is 0 Å². The van der Waals surface area contributed by atoms with E-state index in [2.05, 4.69) is 78.2 Å². The van der Waals surface area contributed by atoms with Crippen LogP contribution in [0.2, 0.25) is 0 Å². The molecule has 0 spiro atoms. The summed E-state index contributed by atoms with van der Waals surface area (Å²) in [6, 6.07) is 23.2. The molecule has 1 saturated heterocycles. The van der Waals surface area contributed by atoms with Crippen LogP contribution in [-0.2, 0) is 11.3 Å². The second-order valence-electron chi connectivity index (χ2n) is 7.58.